The van der Waals surface area contributed by atoms with Crippen molar-refractivity contribution in [3.05, 3.63) is 56.2 Å². The van der Waals surface area contributed by atoms with Gasteiger partial charge >= 0.3 is 5.69 Å². The van der Waals surface area contributed by atoms with E-state index >= 15 is 0 Å². The third-order valence-corrected chi connectivity index (χ3v) is 5.04. The smallest absolute Gasteiger partial charge is 0.328 e. The molecule has 2 N–H and O–H groups in total. The van der Waals surface area contributed by atoms with Crippen molar-refractivity contribution in [2.24, 2.45) is 0 Å². The SMILES string of the molecule is CSc1ncccc1C(=O)NCCn1c(=O)[nH]c2ccsc2c1=O. The number of H-pyrrole nitrogens is 1. The van der Waals surface area contributed by atoms with Crippen molar-refractivity contribution in [2.45, 2.75) is 11.6 Å². The number of aromatic nitrogens is 3. The number of nitrogens with zero attached hydrogens (tertiary/aromatic N) is 2. The highest BCUT2D eigenvalue weighted by atomic mass is 32.2. The summed E-state index contributed by atoms with van der Waals surface area (Å²) in [6.45, 7) is 0.268. The van der Waals surface area contributed by atoms with E-state index in [9.17, 15) is 14.4 Å². The molecule has 0 aromatic carbocycles. The maximum Gasteiger partial charge on any atom is 0.328 e. The molecule has 0 radical (unpaired) electrons. The largest absolute Gasteiger partial charge is 0.350 e. The Labute approximate surface area is 144 Å². The summed E-state index contributed by atoms with van der Waals surface area (Å²) in [6, 6.07) is 5.07. The van der Waals surface area contributed by atoms with Crippen LogP contribution in [0.25, 0.3) is 10.2 Å². The van der Waals surface area contributed by atoms with Gasteiger partial charge in [0.1, 0.15) is 9.73 Å². The zero-order valence-electron chi connectivity index (χ0n) is 12.7. The lowest BCUT2D eigenvalue weighted by atomic mass is 10.2. The number of carbonyl (C=O) groups excluding carboxylic acids is 1. The van der Waals surface area contributed by atoms with E-state index in [1.165, 1.54) is 23.1 Å². The molecule has 0 aliphatic carbocycles. The Balaban J connectivity index is 1.74. The molecule has 24 heavy (non-hydrogen) atoms. The maximum atomic E-state index is 12.3. The van der Waals surface area contributed by atoms with Gasteiger partial charge in [0.15, 0.2) is 0 Å². The molecular formula is C15H14N4O3S2. The summed E-state index contributed by atoms with van der Waals surface area (Å²) >= 11 is 2.66. The van der Waals surface area contributed by atoms with Crippen LogP contribution in [-0.4, -0.2) is 33.2 Å². The average Bonchev–Trinajstić information content (AvgIpc) is 3.06. The van der Waals surface area contributed by atoms with Crippen LogP contribution in [0.4, 0.5) is 0 Å². The fourth-order valence-electron chi connectivity index (χ4n) is 2.28. The van der Waals surface area contributed by atoms with Crippen LogP contribution in [0.15, 0.2) is 44.4 Å². The molecule has 0 bridgehead atoms. The van der Waals surface area contributed by atoms with Crippen molar-refractivity contribution >= 4 is 39.2 Å². The highest BCUT2D eigenvalue weighted by molar-refractivity contribution is 7.98. The second kappa shape index (κ2) is 7.02. The summed E-state index contributed by atoms with van der Waals surface area (Å²) in [5.41, 5.74) is 0.186. The number of hydrogen-bond donors (Lipinski definition) is 2. The molecule has 0 unspecified atom stereocenters. The number of carbonyl (C=O) groups is 1. The van der Waals surface area contributed by atoms with E-state index in [2.05, 4.69) is 15.3 Å². The van der Waals surface area contributed by atoms with Gasteiger partial charge in [-0.3, -0.25) is 14.2 Å². The highest BCUT2D eigenvalue weighted by Gasteiger charge is 2.12. The molecule has 9 heteroatoms. The quantitative estimate of drug-likeness (QED) is 0.667. The van der Waals surface area contributed by atoms with Crippen LogP contribution in [0, 0.1) is 0 Å². The van der Waals surface area contributed by atoms with Crippen molar-refractivity contribution in [2.75, 3.05) is 12.8 Å². The first-order valence-corrected chi connectivity index (χ1v) is 9.20. The first-order chi connectivity index (χ1) is 11.6. The van der Waals surface area contributed by atoms with E-state index in [0.717, 1.165) is 4.57 Å². The summed E-state index contributed by atoms with van der Waals surface area (Å²) < 4.78 is 1.59. The molecule has 0 atom stereocenters. The van der Waals surface area contributed by atoms with Gasteiger partial charge in [0, 0.05) is 19.3 Å². The number of fused-ring (bicyclic) bond motifs is 1. The predicted molar refractivity (Wildman–Crippen MR) is 95.1 cm³/mol. The Kier molecular flexibility index (Phi) is 4.81. The van der Waals surface area contributed by atoms with E-state index in [-0.39, 0.29) is 24.6 Å². The number of hydrogen-bond acceptors (Lipinski definition) is 6. The zero-order valence-corrected chi connectivity index (χ0v) is 14.4. The van der Waals surface area contributed by atoms with Crippen molar-refractivity contribution < 1.29 is 4.79 Å². The Morgan fingerprint density at radius 3 is 3.04 bits per heavy atom. The molecule has 3 aromatic heterocycles. The molecule has 0 aliphatic rings. The fraction of sp³-hybridized carbons (Fsp3) is 0.200. The maximum absolute atomic E-state index is 12.3. The highest BCUT2D eigenvalue weighted by Crippen LogP contribution is 2.16. The van der Waals surface area contributed by atoms with Crippen molar-refractivity contribution in [1.29, 1.82) is 0 Å². The second-order valence-electron chi connectivity index (χ2n) is 4.87. The molecule has 3 rings (SSSR count). The predicted octanol–water partition coefficient (Wildman–Crippen LogP) is 1.30. The van der Waals surface area contributed by atoms with Crippen LogP contribution in [0.3, 0.4) is 0 Å². The lowest BCUT2D eigenvalue weighted by molar-refractivity contribution is 0.0948. The summed E-state index contributed by atoms with van der Waals surface area (Å²) in [7, 11) is 0. The van der Waals surface area contributed by atoms with Crippen LogP contribution in [-0.2, 0) is 6.54 Å². The fourth-order valence-corrected chi connectivity index (χ4v) is 3.62. The molecule has 0 saturated heterocycles. The minimum atomic E-state index is -0.480. The molecule has 0 saturated carbocycles. The van der Waals surface area contributed by atoms with Crippen LogP contribution < -0.4 is 16.6 Å². The molecular weight excluding hydrogens is 348 g/mol. The Hall–Kier alpha value is -2.39. The number of pyridine rings is 1. The molecule has 0 spiro atoms. The number of nitrogens with one attached hydrogen (secondary N) is 2. The van der Waals surface area contributed by atoms with Gasteiger partial charge in [-0.25, -0.2) is 9.78 Å². The molecule has 0 aliphatic heterocycles. The number of aromatic amines is 1. The van der Waals surface area contributed by atoms with Crippen LogP contribution in [0.5, 0.6) is 0 Å². The van der Waals surface area contributed by atoms with E-state index in [1.807, 2.05) is 6.26 Å². The number of rotatable bonds is 5. The Bertz CT molecular complexity index is 1010. The van der Waals surface area contributed by atoms with Gasteiger partial charge in [0.25, 0.3) is 11.5 Å². The van der Waals surface area contributed by atoms with Gasteiger partial charge < -0.3 is 10.3 Å². The van der Waals surface area contributed by atoms with Crippen LogP contribution in [0.1, 0.15) is 10.4 Å². The zero-order chi connectivity index (χ0) is 17.1. The van der Waals surface area contributed by atoms with Gasteiger partial charge in [0.2, 0.25) is 0 Å². The Morgan fingerprint density at radius 1 is 1.42 bits per heavy atom. The monoisotopic (exact) mass is 362 g/mol. The molecule has 1 amide bonds. The molecule has 3 aromatic rings. The van der Waals surface area contributed by atoms with Crippen molar-refractivity contribution in [1.82, 2.24) is 19.9 Å². The van der Waals surface area contributed by atoms with Crippen molar-refractivity contribution in [3.63, 3.8) is 0 Å². The first-order valence-electron chi connectivity index (χ1n) is 7.09. The molecule has 124 valence electrons. The summed E-state index contributed by atoms with van der Waals surface area (Å²) in [5.74, 6) is -0.283. The minimum Gasteiger partial charge on any atom is -0.350 e. The first kappa shape index (κ1) is 16.5. The van der Waals surface area contributed by atoms with Gasteiger partial charge in [-0.2, -0.15) is 0 Å². The van der Waals surface area contributed by atoms with E-state index in [4.69, 9.17) is 0 Å². The van der Waals surface area contributed by atoms with Gasteiger partial charge in [-0.05, 0) is 29.8 Å². The van der Waals surface area contributed by atoms with Crippen molar-refractivity contribution in [3.8, 4) is 0 Å². The topological polar surface area (TPSA) is 96.8 Å². The number of thiophene rings is 1. The van der Waals surface area contributed by atoms with Gasteiger partial charge in [0.05, 0.1) is 11.1 Å². The van der Waals surface area contributed by atoms with E-state index in [1.54, 1.807) is 29.8 Å². The minimum absolute atomic E-state index is 0.0998. The second-order valence-corrected chi connectivity index (χ2v) is 6.58. The third kappa shape index (κ3) is 3.13. The van der Waals surface area contributed by atoms with E-state index in [0.29, 0.717) is 20.8 Å². The summed E-state index contributed by atoms with van der Waals surface area (Å²) in [4.78, 5) is 43.3. The van der Waals surface area contributed by atoms with Gasteiger partial charge in [-0.15, -0.1) is 23.1 Å². The van der Waals surface area contributed by atoms with Gasteiger partial charge in [-0.1, -0.05) is 0 Å². The lowest BCUT2D eigenvalue weighted by Gasteiger charge is -2.08. The third-order valence-electron chi connectivity index (χ3n) is 3.42. The standard InChI is InChI=1S/C15H14N4O3S2/c1-23-13-9(3-2-5-17-13)12(20)16-6-7-19-14(21)11-10(4-8-24-11)18-15(19)22/h2-5,8H,6-7H2,1H3,(H,16,20)(H,18,22). The average molecular weight is 362 g/mol. The molecule has 7 nitrogen and oxygen atoms in total. The molecule has 3 heterocycles. The summed E-state index contributed by atoms with van der Waals surface area (Å²) in [6.07, 6.45) is 3.46. The lowest BCUT2D eigenvalue weighted by Crippen LogP contribution is -2.38. The normalized spacial score (nSPS) is 10.9. The van der Waals surface area contributed by atoms with E-state index < -0.39 is 5.69 Å². The number of amides is 1. The molecule has 0 fully saturated rings. The summed E-state index contributed by atoms with van der Waals surface area (Å²) in [5, 5.41) is 5.10. The van der Waals surface area contributed by atoms with Crippen LogP contribution in [0.2, 0.25) is 0 Å². The Morgan fingerprint density at radius 2 is 2.25 bits per heavy atom. The number of thioether (sulfide) groups is 1. The van der Waals surface area contributed by atoms with Crippen LogP contribution >= 0.6 is 23.1 Å².